The van der Waals surface area contributed by atoms with Gasteiger partial charge in [0.2, 0.25) is 0 Å². The maximum absolute atomic E-state index is 9.90. The van der Waals surface area contributed by atoms with Crippen LogP contribution in [0.2, 0.25) is 0 Å². The number of aliphatic hydroxyl groups excluding tert-OH is 1. The van der Waals surface area contributed by atoms with Gasteiger partial charge in [-0.25, -0.2) is 19.9 Å². The van der Waals surface area contributed by atoms with Gasteiger partial charge in [-0.15, -0.1) is 0 Å². The predicted molar refractivity (Wildman–Crippen MR) is 104 cm³/mol. The SMILES string of the molecule is CC(C)c1ncc(-c2nccn2-c2ccc3c(c2)nc(C(C)O)n3C)cn1. The number of rotatable bonds is 4. The third-order valence-electron chi connectivity index (χ3n) is 4.64. The number of aryl methyl sites for hydroxylation is 1. The lowest BCUT2D eigenvalue weighted by molar-refractivity contribution is 0.186. The predicted octanol–water partition coefficient (Wildman–Crippen LogP) is 3.39. The number of aliphatic hydroxyl groups is 1. The lowest BCUT2D eigenvalue weighted by atomic mass is 10.2. The van der Waals surface area contributed by atoms with Crippen molar-refractivity contribution in [2.75, 3.05) is 0 Å². The molecule has 27 heavy (non-hydrogen) atoms. The number of nitrogens with zero attached hydrogens (tertiary/aromatic N) is 6. The van der Waals surface area contributed by atoms with E-state index in [-0.39, 0.29) is 5.92 Å². The molecule has 4 rings (SSSR count). The number of imidazole rings is 2. The third-order valence-corrected chi connectivity index (χ3v) is 4.64. The molecule has 7 nitrogen and oxygen atoms in total. The van der Waals surface area contributed by atoms with Crippen LogP contribution < -0.4 is 0 Å². The van der Waals surface area contributed by atoms with Crippen molar-refractivity contribution in [2.24, 2.45) is 7.05 Å². The van der Waals surface area contributed by atoms with Gasteiger partial charge in [-0.1, -0.05) is 13.8 Å². The lowest BCUT2D eigenvalue weighted by Crippen LogP contribution is -2.01. The van der Waals surface area contributed by atoms with Crippen LogP contribution in [0.4, 0.5) is 0 Å². The molecule has 3 aromatic heterocycles. The molecule has 0 spiro atoms. The Morgan fingerprint density at radius 1 is 1.04 bits per heavy atom. The number of benzene rings is 1. The molecule has 0 aliphatic rings. The summed E-state index contributed by atoms with van der Waals surface area (Å²) in [7, 11) is 1.91. The first-order valence-electron chi connectivity index (χ1n) is 8.96. The molecule has 0 amide bonds. The number of fused-ring (bicyclic) bond motifs is 1. The second-order valence-electron chi connectivity index (χ2n) is 6.98. The highest BCUT2D eigenvalue weighted by molar-refractivity contribution is 5.79. The molecule has 0 bridgehead atoms. The molecule has 138 valence electrons. The van der Waals surface area contributed by atoms with Crippen molar-refractivity contribution >= 4 is 11.0 Å². The van der Waals surface area contributed by atoms with Crippen molar-refractivity contribution in [1.82, 2.24) is 29.1 Å². The molecule has 0 radical (unpaired) electrons. The largest absolute Gasteiger partial charge is 0.385 e. The van der Waals surface area contributed by atoms with Crippen LogP contribution in [0.5, 0.6) is 0 Å². The van der Waals surface area contributed by atoms with Crippen molar-refractivity contribution in [2.45, 2.75) is 32.8 Å². The van der Waals surface area contributed by atoms with E-state index in [0.29, 0.717) is 5.82 Å². The minimum absolute atomic E-state index is 0.286. The molecule has 1 N–H and O–H groups in total. The van der Waals surface area contributed by atoms with Gasteiger partial charge in [0.25, 0.3) is 0 Å². The molecule has 7 heteroatoms. The van der Waals surface area contributed by atoms with Crippen molar-refractivity contribution in [3.05, 3.63) is 54.6 Å². The van der Waals surface area contributed by atoms with E-state index in [1.165, 1.54) is 0 Å². The van der Waals surface area contributed by atoms with Crippen molar-refractivity contribution in [3.63, 3.8) is 0 Å². The van der Waals surface area contributed by atoms with E-state index in [1.807, 2.05) is 53.0 Å². The van der Waals surface area contributed by atoms with Gasteiger partial charge in [0.1, 0.15) is 23.6 Å². The van der Waals surface area contributed by atoms with E-state index >= 15 is 0 Å². The monoisotopic (exact) mass is 362 g/mol. The van der Waals surface area contributed by atoms with Gasteiger partial charge in [-0.2, -0.15) is 0 Å². The highest BCUT2D eigenvalue weighted by atomic mass is 16.3. The normalized spacial score (nSPS) is 12.8. The van der Waals surface area contributed by atoms with E-state index < -0.39 is 6.10 Å². The van der Waals surface area contributed by atoms with Crippen LogP contribution in [0.15, 0.2) is 43.0 Å². The zero-order valence-electron chi connectivity index (χ0n) is 15.8. The van der Waals surface area contributed by atoms with E-state index in [4.69, 9.17) is 0 Å². The van der Waals surface area contributed by atoms with E-state index in [9.17, 15) is 5.11 Å². The Hall–Kier alpha value is -3.06. The van der Waals surface area contributed by atoms with Gasteiger partial charge in [0.05, 0.1) is 16.6 Å². The zero-order valence-corrected chi connectivity index (χ0v) is 15.8. The Balaban J connectivity index is 1.78. The van der Waals surface area contributed by atoms with Crippen LogP contribution >= 0.6 is 0 Å². The first kappa shape index (κ1) is 17.4. The minimum atomic E-state index is -0.619. The summed E-state index contributed by atoms with van der Waals surface area (Å²) in [6.45, 7) is 5.86. The number of hydrogen-bond donors (Lipinski definition) is 1. The van der Waals surface area contributed by atoms with E-state index in [2.05, 4.69) is 33.8 Å². The minimum Gasteiger partial charge on any atom is -0.385 e. The van der Waals surface area contributed by atoms with Crippen LogP contribution in [0.1, 0.15) is 44.4 Å². The Bertz CT molecular complexity index is 1090. The summed E-state index contributed by atoms with van der Waals surface area (Å²) >= 11 is 0. The molecule has 1 unspecified atom stereocenters. The van der Waals surface area contributed by atoms with Gasteiger partial charge < -0.3 is 9.67 Å². The fraction of sp³-hybridized carbons (Fsp3) is 0.300. The van der Waals surface area contributed by atoms with E-state index in [1.54, 1.807) is 13.1 Å². The van der Waals surface area contributed by atoms with Crippen molar-refractivity contribution in [1.29, 1.82) is 0 Å². The molecule has 0 aliphatic heterocycles. The molecule has 0 saturated heterocycles. The van der Waals surface area contributed by atoms with Gasteiger partial charge in [0.15, 0.2) is 0 Å². The molecular formula is C20H22N6O. The van der Waals surface area contributed by atoms with Crippen LogP contribution in [-0.4, -0.2) is 34.2 Å². The molecule has 3 heterocycles. The zero-order chi connectivity index (χ0) is 19.1. The fourth-order valence-corrected chi connectivity index (χ4v) is 3.21. The molecular weight excluding hydrogens is 340 g/mol. The molecule has 0 fully saturated rings. The topological polar surface area (TPSA) is 81.6 Å². The molecule has 1 aromatic carbocycles. The van der Waals surface area contributed by atoms with Crippen LogP contribution in [0.25, 0.3) is 28.1 Å². The summed E-state index contributed by atoms with van der Waals surface area (Å²) in [6.07, 6.45) is 6.67. The molecule has 4 aromatic rings. The molecule has 0 aliphatic carbocycles. The Morgan fingerprint density at radius 3 is 2.44 bits per heavy atom. The third kappa shape index (κ3) is 3.00. The second kappa shape index (κ2) is 6.59. The highest BCUT2D eigenvalue weighted by Gasteiger charge is 2.15. The van der Waals surface area contributed by atoms with Gasteiger partial charge in [-0.05, 0) is 25.1 Å². The fourth-order valence-electron chi connectivity index (χ4n) is 3.21. The summed E-state index contributed by atoms with van der Waals surface area (Å²) < 4.78 is 3.90. The Morgan fingerprint density at radius 2 is 1.78 bits per heavy atom. The number of aromatic nitrogens is 6. The van der Waals surface area contributed by atoms with Gasteiger partial charge in [0, 0.05) is 43.4 Å². The second-order valence-corrected chi connectivity index (χ2v) is 6.98. The summed E-state index contributed by atoms with van der Waals surface area (Å²) in [5.41, 5.74) is 3.60. The average Bonchev–Trinajstić information content (AvgIpc) is 3.26. The van der Waals surface area contributed by atoms with Crippen LogP contribution in [0, 0.1) is 0 Å². The highest BCUT2D eigenvalue weighted by Crippen LogP contribution is 2.25. The molecule has 0 saturated carbocycles. The summed E-state index contributed by atoms with van der Waals surface area (Å²) in [5, 5.41) is 9.90. The van der Waals surface area contributed by atoms with Gasteiger partial charge >= 0.3 is 0 Å². The summed E-state index contributed by atoms with van der Waals surface area (Å²) in [4.78, 5) is 17.9. The first-order valence-corrected chi connectivity index (χ1v) is 8.96. The van der Waals surface area contributed by atoms with E-state index in [0.717, 1.165) is 33.9 Å². The summed E-state index contributed by atoms with van der Waals surface area (Å²) in [6, 6.07) is 6.02. The summed E-state index contributed by atoms with van der Waals surface area (Å²) in [5.74, 6) is 2.52. The quantitative estimate of drug-likeness (QED) is 0.602. The smallest absolute Gasteiger partial charge is 0.147 e. The Kier molecular flexibility index (Phi) is 4.24. The van der Waals surface area contributed by atoms with Gasteiger partial charge in [-0.3, -0.25) is 4.57 Å². The maximum Gasteiger partial charge on any atom is 0.147 e. The molecule has 1 atom stereocenters. The van der Waals surface area contributed by atoms with Crippen LogP contribution in [-0.2, 0) is 7.05 Å². The maximum atomic E-state index is 9.90. The van der Waals surface area contributed by atoms with Crippen molar-refractivity contribution in [3.8, 4) is 17.1 Å². The first-order chi connectivity index (χ1) is 13.0. The average molecular weight is 362 g/mol. The standard InChI is InChI=1S/C20H22N6O/c1-12(2)18-22-10-14(11-23-18)20-21-7-8-26(20)15-5-6-17-16(9-15)24-19(13(3)27)25(17)4/h5-13,27H,1-4H3. The van der Waals surface area contributed by atoms with Crippen molar-refractivity contribution < 1.29 is 5.11 Å². The lowest BCUT2D eigenvalue weighted by Gasteiger charge is -2.09. The van der Waals surface area contributed by atoms with Crippen LogP contribution in [0.3, 0.4) is 0 Å². The number of hydrogen-bond acceptors (Lipinski definition) is 5. The Labute approximate surface area is 157 Å².